The maximum atomic E-state index is 11.7. The standard InChI is InChI=1S/C15H21NO3/c1-4-19-15(18)9-14(17)11-16(3)10-13-8-6-5-7-12(13)2/h5-8H,4,9-11H2,1-3H3. The van der Waals surface area contributed by atoms with Gasteiger partial charge in [-0.15, -0.1) is 0 Å². The van der Waals surface area contributed by atoms with Crippen molar-refractivity contribution in [2.75, 3.05) is 20.2 Å². The lowest BCUT2D eigenvalue weighted by Crippen LogP contribution is -2.27. The molecule has 1 aromatic rings. The Hall–Kier alpha value is -1.68. The largest absolute Gasteiger partial charge is 0.466 e. The van der Waals surface area contributed by atoms with Crippen LogP contribution in [-0.4, -0.2) is 36.9 Å². The van der Waals surface area contributed by atoms with Gasteiger partial charge < -0.3 is 4.74 Å². The minimum Gasteiger partial charge on any atom is -0.466 e. The highest BCUT2D eigenvalue weighted by atomic mass is 16.5. The highest BCUT2D eigenvalue weighted by Crippen LogP contribution is 2.09. The molecular formula is C15H21NO3. The summed E-state index contributed by atoms with van der Waals surface area (Å²) in [6, 6.07) is 8.06. The zero-order chi connectivity index (χ0) is 14.3. The smallest absolute Gasteiger partial charge is 0.313 e. The van der Waals surface area contributed by atoms with Crippen LogP contribution in [0.15, 0.2) is 24.3 Å². The molecule has 0 saturated heterocycles. The molecule has 0 aliphatic heterocycles. The normalized spacial score (nSPS) is 10.5. The first-order valence-corrected chi connectivity index (χ1v) is 6.43. The van der Waals surface area contributed by atoms with E-state index in [2.05, 4.69) is 0 Å². The molecule has 0 fully saturated rings. The third kappa shape index (κ3) is 5.66. The molecule has 0 aliphatic rings. The molecule has 0 atom stereocenters. The van der Waals surface area contributed by atoms with E-state index in [0.29, 0.717) is 13.2 Å². The van der Waals surface area contributed by atoms with Crippen molar-refractivity contribution in [1.82, 2.24) is 4.90 Å². The number of esters is 1. The predicted molar refractivity (Wildman–Crippen MR) is 73.8 cm³/mol. The third-order valence-electron chi connectivity index (χ3n) is 2.79. The van der Waals surface area contributed by atoms with Crippen molar-refractivity contribution in [2.24, 2.45) is 0 Å². The van der Waals surface area contributed by atoms with Crippen molar-refractivity contribution >= 4 is 11.8 Å². The highest BCUT2D eigenvalue weighted by molar-refractivity contribution is 5.96. The van der Waals surface area contributed by atoms with E-state index in [4.69, 9.17) is 4.74 Å². The van der Waals surface area contributed by atoms with Crippen molar-refractivity contribution in [1.29, 1.82) is 0 Å². The number of rotatable bonds is 7. The van der Waals surface area contributed by atoms with E-state index in [1.807, 2.05) is 43.1 Å². The molecule has 0 heterocycles. The lowest BCUT2D eigenvalue weighted by Gasteiger charge is -2.17. The van der Waals surface area contributed by atoms with Crippen molar-refractivity contribution in [3.8, 4) is 0 Å². The fourth-order valence-corrected chi connectivity index (χ4v) is 1.86. The number of ketones is 1. The minimum absolute atomic E-state index is 0.116. The van der Waals surface area contributed by atoms with Crippen LogP contribution in [0.5, 0.6) is 0 Å². The third-order valence-corrected chi connectivity index (χ3v) is 2.79. The quantitative estimate of drug-likeness (QED) is 0.557. The number of likely N-dealkylation sites (N-methyl/N-ethyl adjacent to an activating group) is 1. The van der Waals surface area contributed by atoms with E-state index < -0.39 is 5.97 Å². The molecule has 4 nitrogen and oxygen atoms in total. The van der Waals surface area contributed by atoms with Crippen LogP contribution >= 0.6 is 0 Å². The number of aryl methyl sites for hydroxylation is 1. The van der Waals surface area contributed by atoms with Gasteiger partial charge in [-0.1, -0.05) is 24.3 Å². The summed E-state index contributed by atoms with van der Waals surface area (Å²) in [6.45, 7) is 5.04. The van der Waals surface area contributed by atoms with E-state index >= 15 is 0 Å². The van der Waals surface area contributed by atoms with Crippen LogP contribution in [0, 0.1) is 6.92 Å². The first kappa shape index (κ1) is 15.4. The summed E-state index contributed by atoms with van der Waals surface area (Å²) in [7, 11) is 1.87. The first-order chi connectivity index (χ1) is 9.02. The molecule has 0 N–H and O–H groups in total. The second-order valence-corrected chi connectivity index (χ2v) is 4.62. The summed E-state index contributed by atoms with van der Waals surface area (Å²) in [5, 5.41) is 0. The van der Waals surface area contributed by atoms with Gasteiger partial charge >= 0.3 is 5.97 Å². The molecule has 4 heteroatoms. The zero-order valence-electron chi connectivity index (χ0n) is 11.8. The second kappa shape index (κ2) is 7.69. The Labute approximate surface area is 114 Å². The molecule has 0 unspecified atom stereocenters. The molecule has 19 heavy (non-hydrogen) atoms. The monoisotopic (exact) mass is 263 g/mol. The maximum absolute atomic E-state index is 11.7. The van der Waals surface area contributed by atoms with Gasteiger partial charge in [-0.05, 0) is 32.0 Å². The lowest BCUT2D eigenvalue weighted by molar-refractivity contribution is -0.145. The minimum atomic E-state index is -0.447. The summed E-state index contributed by atoms with van der Waals surface area (Å²) >= 11 is 0. The summed E-state index contributed by atoms with van der Waals surface area (Å²) < 4.78 is 4.75. The van der Waals surface area contributed by atoms with Gasteiger partial charge in [0.05, 0.1) is 13.2 Å². The van der Waals surface area contributed by atoms with E-state index in [9.17, 15) is 9.59 Å². The highest BCUT2D eigenvalue weighted by Gasteiger charge is 2.13. The predicted octanol–water partition coefficient (Wildman–Crippen LogP) is 1.95. The number of hydrogen-bond donors (Lipinski definition) is 0. The fraction of sp³-hybridized carbons (Fsp3) is 0.467. The summed E-state index contributed by atoms with van der Waals surface area (Å²) in [6.07, 6.45) is -0.147. The van der Waals surface area contributed by atoms with Gasteiger partial charge in [-0.3, -0.25) is 14.5 Å². The molecule has 1 aromatic carbocycles. The Bertz CT molecular complexity index is 443. The first-order valence-electron chi connectivity index (χ1n) is 6.43. The molecular weight excluding hydrogens is 242 g/mol. The van der Waals surface area contributed by atoms with Gasteiger partial charge in [0.25, 0.3) is 0 Å². The van der Waals surface area contributed by atoms with E-state index in [0.717, 1.165) is 0 Å². The number of hydrogen-bond acceptors (Lipinski definition) is 4. The number of benzene rings is 1. The van der Waals surface area contributed by atoms with Crippen molar-refractivity contribution < 1.29 is 14.3 Å². The second-order valence-electron chi connectivity index (χ2n) is 4.62. The molecule has 0 amide bonds. The molecule has 0 aromatic heterocycles. The Balaban J connectivity index is 2.43. The van der Waals surface area contributed by atoms with Crippen LogP contribution in [0.1, 0.15) is 24.5 Å². The van der Waals surface area contributed by atoms with Gasteiger partial charge in [0, 0.05) is 6.54 Å². The van der Waals surface area contributed by atoms with Gasteiger partial charge in [-0.25, -0.2) is 0 Å². The van der Waals surface area contributed by atoms with Gasteiger partial charge in [0.15, 0.2) is 5.78 Å². The lowest BCUT2D eigenvalue weighted by atomic mass is 10.1. The SMILES string of the molecule is CCOC(=O)CC(=O)CN(C)Cc1ccccc1C. The van der Waals surface area contributed by atoms with Gasteiger partial charge in [0.2, 0.25) is 0 Å². The molecule has 0 radical (unpaired) electrons. The molecule has 0 saturated carbocycles. The van der Waals surface area contributed by atoms with Gasteiger partial charge in [0.1, 0.15) is 6.42 Å². The summed E-state index contributed by atoms with van der Waals surface area (Å²) in [5.74, 6) is -0.564. The Morgan fingerprint density at radius 3 is 2.58 bits per heavy atom. The van der Waals surface area contributed by atoms with Crippen molar-refractivity contribution in [3.05, 3.63) is 35.4 Å². The number of carbonyl (C=O) groups excluding carboxylic acids is 2. The Morgan fingerprint density at radius 2 is 1.95 bits per heavy atom. The maximum Gasteiger partial charge on any atom is 0.313 e. The van der Waals surface area contributed by atoms with Crippen LogP contribution in [0.4, 0.5) is 0 Å². The molecule has 0 aliphatic carbocycles. The molecule has 1 rings (SSSR count). The van der Waals surface area contributed by atoms with E-state index in [1.54, 1.807) is 6.92 Å². The summed E-state index contributed by atoms with van der Waals surface area (Å²) in [4.78, 5) is 24.8. The molecule has 0 spiro atoms. The van der Waals surface area contributed by atoms with Crippen molar-refractivity contribution in [3.63, 3.8) is 0 Å². The average molecular weight is 263 g/mol. The average Bonchev–Trinajstić information content (AvgIpc) is 2.31. The van der Waals surface area contributed by atoms with E-state index in [-0.39, 0.29) is 18.7 Å². The van der Waals surface area contributed by atoms with Crippen LogP contribution in [0.3, 0.4) is 0 Å². The van der Waals surface area contributed by atoms with Gasteiger partial charge in [-0.2, -0.15) is 0 Å². The van der Waals surface area contributed by atoms with Crippen molar-refractivity contribution in [2.45, 2.75) is 26.8 Å². The topological polar surface area (TPSA) is 46.6 Å². The number of ether oxygens (including phenoxy) is 1. The Kier molecular flexibility index (Phi) is 6.22. The molecule has 0 bridgehead atoms. The number of carbonyl (C=O) groups is 2. The van der Waals surface area contributed by atoms with Crippen LogP contribution in [-0.2, 0) is 20.9 Å². The molecule has 104 valence electrons. The zero-order valence-corrected chi connectivity index (χ0v) is 11.8. The van der Waals surface area contributed by atoms with Crippen LogP contribution in [0.25, 0.3) is 0 Å². The number of nitrogens with zero attached hydrogens (tertiary/aromatic N) is 1. The fourth-order valence-electron chi connectivity index (χ4n) is 1.86. The van der Waals surface area contributed by atoms with Crippen LogP contribution < -0.4 is 0 Å². The summed E-state index contributed by atoms with van der Waals surface area (Å²) in [5.41, 5.74) is 2.39. The van der Waals surface area contributed by atoms with E-state index in [1.165, 1.54) is 11.1 Å². The van der Waals surface area contributed by atoms with Crippen LogP contribution in [0.2, 0.25) is 0 Å². The Morgan fingerprint density at radius 1 is 1.26 bits per heavy atom. The number of Topliss-reactive ketones (excluding diaryl/α,β-unsaturated/α-hetero) is 1.